The van der Waals surface area contributed by atoms with Crippen LogP contribution >= 0.6 is 27.5 Å². The minimum Gasteiger partial charge on any atom is -0.368 e. The second kappa shape index (κ2) is 4.78. The quantitative estimate of drug-likeness (QED) is 0.904. The van der Waals surface area contributed by atoms with Crippen LogP contribution in [0.4, 0.5) is 10.2 Å². The number of nitrogens with two attached hydrogens (primary N) is 1. The average Bonchev–Trinajstić information content (AvgIpc) is 2.60. The molecule has 2 atom stereocenters. The second-order valence-electron chi connectivity index (χ2n) is 3.86. The van der Waals surface area contributed by atoms with E-state index in [2.05, 4.69) is 20.9 Å². The van der Waals surface area contributed by atoms with Crippen LogP contribution in [0.3, 0.4) is 0 Å². The van der Waals surface area contributed by atoms with Crippen LogP contribution in [0.2, 0.25) is 5.02 Å². The van der Waals surface area contributed by atoms with Gasteiger partial charge in [-0.15, -0.1) is 0 Å². The first kappa shape index (κ1) is 12.6. The largest absolute Gasteiger partial charge is 0.368 e. The highest BCUT2D eigenvalue weighted by atomic mass is 79.9. The minimum absolute atomic E-state index is 0.0853. The molecule has 1 saturated heterocycles. The van der Waals surface area contributed by atoms with Crippen LogP contribution in [0, 0.1) is 0 Å². The lowest BCUT2D eigenvalue weighted by atomic mass is 10.2. The molecule has 0 aromatic carbocycles. The number of aromatic nitrogens is 1. The number of halogens is 3. The van der Waals surface area contributed by atoms with Gasteiger partial charge in [-0.3, -0.25) is 4.79 Å². The number of carbonyl (C=O) groups excluding carboxylic acids is 1. The third-order valence-electron chi connectivity index (χ3n) is 2.64. The Morgan fingerprint density at radius 2 is 2.41 bits per heavy atom. The van der Waals surface area contributed by atoms with Crippen molar-refractivity contribution < 1.29 is 9.18 Å². The number of hydrogen-bond acceptors (Lipinski definition) is 3. The fourth-order valence-electron chi connectivity index (χ4n) is 1.91. The Morgan fingerprint density at radius 1 is 1.71 bits per heavy atom. The van der Waals surface area contributed by atoms with Crippen LogP contribution in [0.15, 0.2) is 16.7 Å². The van der Waals surface area contributed by atoms with Crippen LogP contribution in [-0.4, -0.2) is 29.6 Å². The maximum atomic E-state index is 13.4. The highest BCUT2D eigenvalue weighted by molar-refractivity contribution is 9.10. The molecule has 0 radical (unpaired) electrons. The van der Waals surface area contributed by atoms with Gasteiger partial charge in [0.2, 0.25) is 5.91 Å². The molecule has 1 amide bonds. The topological polar surface area (TPSA) is 59.2 Å². The van der Waals surface area contributed by atoms with Crippen LogP contribution in [0.5, 0.6) is 0 Å². The van der Waals surface area contributed by atoms with E-state index in [1.807, 2.05) is 0 Å². The van der Waals surface area contributed by atoms with Crippen LogP contribution in [0.1, 0.15) is 6.42 Å². The number of carbonyl (C=O) groups is 1. The van der Waals surface area contributed by atoms with Crippen molar-refractivity contribution in [2.75, 3.05) is 11.4 Å². The van der Waals surface area contributed by atoms with E-state index in [9.17, 15) is 9.18 Å². The summed E-state index contributed by atoms with van der Waals surface area (Å²) in [5.74, 6) is -0.176. The van der Waals surface area contributed by atoms with Crippen molar-refractivity contribution >= 4 is 39.3 Å². The molecule has 4 nitrogen and oxygen atoms in total. The Morgan fingerprint density at radius 3 is 3.00 bits per heavy atom. The molecular weight excluding hydrogens is 312 g/mol. The Labute approximate surface area is 111 Å². The summed E-state index contributed by atoms with van der Waals surface area (Å²) in [6.45, 7) is 0.0853. The van der Waals surface area contributed by atoms with Crippen molar-refractivity contribution in [3.8, 4) is 0 Å². The van der Waals surface area contributed by atoms with E-state index in [1.165, 1.54) is 4.90 Å². The van der Waals surface area contributed by atoms with Gasteiger partial charge in [0.15, 0.2) is 0 Å². The maximum Gasteiger partial charge on any atom is 0.240 e. The standard InChI is InChI=1S/C10H10BrClFN3O/c11-5-1-7(12)10(15-3-5)16-4-6(13)2-8(16)9(14)17/h1,3,6,8H,2,4H2,(H2,14,17)/t6-,8+/m1/s1. The Hall–Kier alpha value is -0.880. The van der Waals surface area contributed by atoms with Crippen molar-refractivity contribution in [3.05, 3.63) is 21.8 Å². The highest BCUT2D eigenvalue weighted by Crippen LogP contribution is 2.32. The number of amides is 1. The van der Waals surface area contributed by atoms with E-state index in [4.69, 9.17) is 17.3 Å². The molecule has 0 bridgehead atoms. The SMILES string of the molecule is NC(=O)[C@@H]1C[C@@H](F)CN1c1ncc(Br)cc1Cl. The van der Waals surface area contributed by atoms with E-state index < -0.39 is 18.1 Å². The first-order valence-corrected chi connectivity index (χ1v) is 6.17. The first-order chi connectivity index (χ1) is 7.99. The molecule has 1 fully saturated rings. The number of hydrogen-bond donors (Lipinski definition) is 1. The number of alkyl halides is 1. The van der Waals surface area contributed by atoms with Crippen LogP contribution in [-0.2, 0) is 4.79 Å². The number of primary amides is 1. The number of anilines is 1. The van der Waals surface area contributed by atoms with E-state index in [0.717, 1.165) is 4.47 Å². The fraction of sp³-hybridized carbons (Fsp3) is 0.400. The first-order valence-electron chi connectivity index (χ1n) is 5.00. The molecule has 0 unspecified atom stereocenters. The van der Waals surface area contributed by atoms with Crippen molar-refractivity contribution in [1.29, 1.82) is 0 Å². The summed E-state index contributed by atoms with van der Waals surface area (Å²) in [5.41, 5.74) is 5.24. The molecule has 2 heterocycles. The lowest BCUT2D eigenvalue weighted by molar-refractivity contribution is -0.119. The number of rotatable bonds is 2. The predicted octanol–water partition coefficient (Wildman–Crippen LogP) is 1.90. The van der Waals surface area contributed by atoms with Gasteiger partial charge < -0.3 is 10.6 Å². The van der Waals surface area contributed by atoms with Gasteiger partial charge in [0.1, 0.15) is 18.0 Å². The molecule has 0 saturated carbocycles. The number of nitrogens with zero attached hydrogens (tertiary/aromatic N) is 2. The van der Waals surface area contributed by atoms with Gasteiger partial charge in [0.25, 0.3) is 0 Å². The van der Waals surface area contributed by atoms with Crippen molar-refractivity contribution in [2.45, 2.75) is 18.6 Å². The molecule has 1 aliphatic heterocycles. The molecule has 17 heavy (non-hydrogen) atoms. The summed E-state index contributed by atoms with van der Waals surface area (Å²) in [4.78, 5) is 16.9. The van der Waals surface area contributed by atoms with E-state index >= 15 is 0 Å². The fourth-order valence-corrected chi connectivity index (χ4v) is 2.65. The molecule has 1 aliphatic rings. The van der Waals surface area contributed by atoms with Crippen LogP contribution < -0.4 is 10.6 Å². The van der Waals surface area contributed by atoms with E-state index in [1.54, 1.807) is 12.3 Å². The van der Waals surface area contributed by atoms with Crippen molar-refractivity contribution in [1.82, 2.24) is 4.98 Å². The summed E-state index contributed by atoms with van der Waals surface area (Å²) in [7, 11) is 0. The van der Waals surface area contributed by atoms with Crippen molar-refractivity contribution in [3.63, 3.8) is 0 Å². The summed E-state index contributed by atoms with van der Waals surface area (Å²) in [5, 5.41) is 0.361. The Bertz CT molecular complexity index is 459. The Balaban J connectivity index is 2.34. The molecule has 0 aliphatic carbocycles. The molecular formula is C10H10BrClFN3O. The second-order valence-corrected chi connectivity index (χ2v) is 5.19. The molecule has 1 aromatic rings. The molecule has 1 aromatic heterocycles. The zero-order valence-corrected chi connectivity index (χ0v) is 11.1. The molecule has 2 rings (SSSR count). The smallest absolute Gasteiger partial charge is 0.240 e. The zero-order chi connectivity index (χ0) is 12.6. The third-order valence-corrected chi connectivity index (χ3v) is 3.35. The van der Waals surface area contributed by atoms with Gasteiger partial charge >= 0.3 is 0 Å². The van der Waals surface area contributed by atoms with Gasteiger partial charge in [0, 0.05) is 17.1 Å². The molecule has 0 spiro atoms. The monoisotopic (exact) mass is 321 g/mol. The van der Waals surface area contributed by atoms with E-state index in [0.29, 0.717) is 10.8 Å². The maximum absolute atomic E-state index is 13.4. The zero-order valence-electron chi connectivity index (χ0n) is 8.74. The minimum atomic E-state index is -1.09. The van der Waals surface area contributed by atoms with Gasteiger partial charge in [-0.05, 0) is 22.0 Å². The van der Waals surface area contributed by atoms with Gasteiger partial charge in [0.05, 0.1) is 11.6 Å². The lowest BCUT2D eigenvalue weighted by Crippen LogP contribution is -2.40. The Kier molecular flexibility index (Phi) is 3.53. The summed E-state index contributed by atoms with van der Waals surface area (Å²) in [6, 6.07) is 0.962. The molecule has 2 N–H and O–H groups in total. The van der Waals surface area contributed by atoms with Gasteiger partial charge in [-0.1, -0.05) is 11.6 Å². The van der Waals surface area contributed by atoms with Crippen molar-refractivity contribution in [2.24, 2.45) is 5.73 Å². The van der Waals surface area contributed by atoms with Crippen LogP contribution in [0.25, 0.3) is 0 Å². The summed E-state index contributed by atoms with van der Waals surface area (Å²) >= 11 is 9.25. The normalized spacial score (nSPS) is 24.1. The predicted molar refractivity (Wildman–Crippen MR) is 66.8 cm³/mol. The van der Waals surface area contributed by atoms with E-state index in [-0.39, 0.29) is 13.0 Å². The highest BCUT2D eigenvalue weighted by Gasteiger charge is 2.37. The summed E-state index contributed by atoms with van der Waals surface area (Å²) in [6.07, 6.45) is 0.544. The van der Waals surface area contributed by atoms with Gasteiger partial charge in [-0.2, -0.15) is 0 Å². The third kappa shape index (κ3) is 2.52. The lowest BCUT2D eigenvalue weighted by Gasteiger charge is -2.23. The molecule has 92 valence electrons. The average molecular weight is 323 g/mol. The summed E-state index contributed by atoms with van der Waals surface area (Å²) < 4.78 is 14.1. The number of pyridine rings is 1. The molecule has 7 heteroatoms. The van der Waals surface area contributed by atoms with Gasteiger partial charge in [-0.25, -0.2) is 9.37 Å².